The number of hydrogen-bond donors (Lipinski definition) is 1. The Kier molecular flexibility index (Phi) is 9.92. The summed E-state index contributed by atoms with van der Waals surface area (Å²) >= 11 is 0. The third-order valence-corrected chi connectivity index (χ3v) is 0.744. The van der Waals surface area contributed by atoms with Crippen LogP contribution in [0.2, 0.25) is 0 Å². The van der Waals surface area contributed by atoms with Crippen molar-refractivity contribution in [2.75, 3.05) is 0 Å². The fraction of sp³-hybridized carbons (Fsp3) is 0.800. The Labute approximate surface area is 64.2 Å². The number of carbonyl (C=O) groups is 1. The van der Waals surface area contributed by atoms with Gasteiger partial charge in [0.1, 0.15) is 0 Å². The predicted molar refractivity (Wildman–Crippen MR) is 27.2 cm³/mol. The Hall–Kier alpha value is 0.184. The molecule has 0 heterocycles. The van der Waals surface area contributed by atoms with Gasteiger partial charge in [0, 0.05) is 28.1 Å². The zero-order valence-corrected chi connectivity index (χ0v) is 6.54. The van der Waals surface area contributed by atoms with Crippen molar-refractivity contribution in [3.63, 3.8) is 0 Å². The van der Waals surface area contributed by atoms with Crippen LogP contribution in [0.3, 0.4) is 0 Å². The zero-order chi connectivity index (χ0) is 5.70. The van der Waals surface area contributed by atoms with E-state index in [9.17, 15) is 4.79 Å². The van der Waals surface area contributed by atoms with E-state index in [-0.39, 0.29) is 21.7 Å². The molecule has 0 radical (unpaired) electrons. The second kappa shape index (κ2) is 7.18. The van der Waals surface area contributed by atoms with Gasteiger partial charge >= 0.3 is 5.97 Å². The molecular weight excluding hydrogens is 140 g/mol. The molecule has 0 aromatic carbocycles. The first-order valence-electron chi connectivity index (χ1n) is 2.49. The molecule has 8 heavy (non-hydrogen) atoms. The van der Waals surface area contributed by atoms with E-state index in [1.807, 2.05) is 6.92 Å². The first kappa shape index (κ1) is 11.0. The number of hydrogen-bond acceptors (Lipinski definition) is 1. The number of carboxylic acids is 1. The minimum Gasteiger partial charge on any atom is -0.481 e. The first-order valence-corrected chi connectivity index (χ1v) is 2.49. The summed E-state index contributed by atoms with van der Waals surface area (Å²) in [7, 11) is 0. The van der Waals surface area contributed by atoms with Gasteiger partial charge in [0.2, 0.25) is 0 Å². The smallest absolute Gasteiger partial charge is 0.303 e. The second-order valence-corrected chi connectivity index (χ2v) is 1.50. The Morgan fingerprint density at radius 3 is 2.25 bits per heavy atom. The monoisotopic (exact) mass is 150 g/mol. The summed E-state index contributed by atoms with van der Waals surface area (Å²) in [5.74, 6) is -0.693. The van der Waals surface area contributed by atoms with Crippen molar-refractivity contribution in [3.8, 4) is 0 Å². The van der Waals surface area contributed by atoms with E-state index in [1.54, 1.807) is 0 Å². The van der Waals surface area contributed by atoms with Gasteiger partial charge in [-0.3, -0.25) is 4.79 Å². The van der Waals surface area contributed by atoms with Crippen LogP contribution in [0.4, 0.5) is 0 Å². The van der Waals surface area contributed by atoms with Gasteiger partial charge in [0.25, 0.3) is 0 Å². The quantitative estimate of drug-likeness (QED) is 0.614. The number of rotatable bonds is 3. The minimum absolute atomic E-state index is 0. The van der Waals surface area contributed by atoms with E-state index in [0.29, 0.717) is 6.42 Å². The van der Waals surface area contributed by atoms with E-state index in [2.05, 4.69) is 0 Å². The molecule has 0 aromatic rings. The van der Waals surface area contributed by atoms with E-state index in [0.717, 1.165) is 12.8 Å². The molecule has 0 aliphatic rings. The fourth-order valence-corrected chi connectivity index (χ4v) is 0.328. The molecule has 0 bridgehead atoms. The molecule has 0 unspecified atom stereocenters. The van der Waals surface area contributed by atoms with Crippen LogP contribution in [0.5, 0.6) is 0 Å². The van der Waals surface area contributed by atoms with Crippen LogP contribution in [-0.2, 0) is 26.5 Å². The van der Waals surface area contributed by atoms with Crippen molar-refractivity contribution in [1.82, 2.24) is 0 Å². The van der Waals surface area contributed by atoms with Crippen LogP contribution in [0.15, 0.2) is 0 Å². The molecule has 0 aliphatic carbocycles. The molecule has 0 rings (SSSR count). The van der Waals surface area contributed by atoms with Crippen LogP contribution in [0.25, 0.3) is 0 Å². The normalized spacial score (nSPS) is 7.62. The van der Waals surface area contributed by atoms with Crippen LogP contribution in [-0.4, -0.2) is 11.1 Å². The van der Waals surface area contributed by atoms with E-state index in [4.69, 9.17) is 5.11 Å². The predicted octanol–water partition coefficient (Wildman–Crippen LogP) is 1.26. The maximum absolute atomic E-state index is 9.76. The van der Waals surface area contributed by atoms with Crippen molar-refractivity contribution in [2.24, 2.45) is 0 Å². The Balaban J connectivity index is 0. The van der Waals surface area contributed by atoms with E-state index >= 15 is 0 Å². The van der Waals surface area contributed by atoms with Gasteiger partial charge in [0.15, 0.2) is 0 Å². The number of aliphatic carboxylic acids is 1. The minimum atomic E-state index is -0.693. The molecule has 0 fully saturated rings. The molecule has 0 aromatic heterocycles. The van der Waals surface area contributed by atoms with Crippen molar-refractivity contribution in [1.29, 1.82) is 0 Å². The summed E-state index contributed by atoms with van der Waals surface area (Å²) in [6.07, 6.45) is 2.08. The Morgan fingerprint density at radius 2 is 2.12 bits per heavy atom. The number of carboxylic acid groups (broad SMARTS) is 1. The van der Waals surface area contributed by atoms with Crippen LogP contribution in [0.1, 0.15) is 26.2 Å². The molecular formula is C5H10O2Ti. The summed E-state index contributed by atoms with van der Waals surface area (Å²) < 4.78 is 0. The maximum atomic E-state index is 9.76. The van der Waals surface area contributed by atoms with Crippen molar-refractivity contribution in [3.05, 3.63) is 0 Å². The summed E-state index contributed by atoms with van der Waals surface area (Å²) in [5, 5.41) is 8.04. The van der Waals surface area contributed by atoms with Crippen molar-refractivity contribution >= 4 is 5.97 Å². The molecule has 2 nitrogen and oxygen atoms in total. The van der Waals surface area contributed by atoms with Gasteiger partial charge in [-0.15, -0.1) is 0 Å². The molecule has 0 saturated carbocycles. The van der Waals surface area contributed by atoms with Gasteiger partial charge in [-0.2, -0.15) is 0 Å². The van der Waals surface area contributed by atoms with Gasteiger partial charge in [-0.1, -0.05) is 13.3 Å². The van der Waals surface area contributed by atoms with Crippen LogP contribution < -0.4 is 0 Å². The molecule has 3 heteroatoms. The zero-order valence-electron chi connectivity index (χ0n) is 4.98. The average Bonchev–Trinajstić information content (AvgIpc) is 1.61. The van der Waals surface area contributed by atoms with Crippen molar-refractivity contribution in [2.45, 2.75) is 26.2 Å². The largest absolute Gasteiger partial charge is 0.481 e. The topological polar surface area (TPSA) is 37.3 Å². The summed E-state index contributed by atoms with van der Waals surface area (Å²) in [6, 6.07) is 0. The van der Waals surface area contributed by atoms with E-state index < -0.39 is 5.97 Å². The molecule has 0 atom stereocenters. The van der Waals surface area contributed by atoms with Gasteiger partial charge < -0.3 is 5.11 Å². The maximum Gasteiger partial charge on any atom is 0.303 e. The van der Waals surface area contributed by atoms with Gasteiger partial charge in [-0.25, -0.2) is 0 Å². The van der Waals surface area contributed by atoms with Crippen molar-refractivity contribution < 1.29 is 31.6 Å². The fourth-order valence-electron chi connectivity index (χ4n) is 0.328. The summed E-state index contributed by atoms with van der Waals surface area (Å²) in [5.41, 5.74) is 0. The molecule has 0 aliphatic heterocycles. The Bertz CT molecular complexity index is 63.4. The number of unbranched alkanes of at least 4 members (excludes halogenated alkanes) is 1. The molecule has 0 spiro atoms. The summed E-state index contributed by atoms with van der Waals surface area (Å²) in [6.45, 7) is 1.98. The average molecular weight is 150 g/mol. The van der Waals surface area contributed by atoms with Crippen LogP contribution in [0, 0.1) is 0 Å². The summed E-state index contributed by atoms with van der Waals surface area (Å²) in [4.78, 5) is 9.76. The van der Waals surface area contributed by atoms with Gasteiger partial charge in [0.05, 0.1) is 0 Å². The van der Waals surface area contributed by atoms with Gasteiger partial charge in [-0.05, 0) is 6.42 Å². The van der Waals surface area contributed by atoms with E-state index in [1.165, 1.54) is 0 Å². The molecule has 0 amide bonds. The standard InChI is InChI=1S/C5H10O2.Ti/c1-2-3-4-5(6)7;/h2-4H2,1H3,(H,6,7);. The SMILES string of the molecule is CCCCC(=O)O.[Ti]. The second-order valence-electron chi connectivity index (χ2n) is 1.50. The first-order chi connectivity index (χ1) is 3.27. The molecule has 1 N–H and O–H groups in total. The molecule has 46 valence electrons. The molecule has 0 saturated heterocycles. The Morgan fingerprint density at radius 1 is 1.62 bits per heavy atom. The van der Waals surface area contributed by atoms with Crippen LogP contribution >= 0.6 is 0 Å². The third kappa shape index (κ3) is 9.49. The third-order valence-electron chi connectivity index (χ3n) is 0.744.